The van der Waals surface area contributed by atoms with Crippen LogP contribution >= 0.6 is 0 Å². The number of Topliss-reactive ketones (excluding diaryl/α,β-unsaturated/α-hetero) is 1. The topological polar surface area (TPSA) is 47.6 Å². The van der Waals surface area contributed by atoms with E-state index in [1.54, 1.807) is 13.1 Å². The highest BCUT2D eigenvalue weighted by molar-refractivity contribution is 5.99. The van der Waals surface area contributed by atoms with E-state index in [2.05, 4.69) is 5.32 Å². The molecule has 0 saturated carbocycles. The zero-order chi connectivity index (χ0) is 11.5. The first-order valence-electron chi connectivity index (χ1n) is 5.30. The lowest BCUT2D eigenvalue weighted by atomic mass is 10.0. The molecule has 1 N–H and O–H groups in total. The van der Waals surface area contributed by atoms with Crippen molar-refractivity contribution in [3.05, 3.63) is 23.3 Å². The lowest BCUT2D eigenvalue weighted by Gasteiger charge is -2.20. The van der Waals surface area contributed by atoms with Gasteiger partial charge in [-0.05, 0) is 31.7 Å². The summed E-state index contributed by atoms with van der Waals surface area (Å²) >= 11 is 0. The number of aryl methyl sites for hydroxylation is 1. The molecule has 0 bridgehead atoms. The Bertz CT molecular complexity index is 415. The first kappa shape index (κ1) is 11.0. The molecule has 1 aliphatic rings. The van der Waals surface area contributed by atoms with E-state index in [1.165, 1.54) is 0 Å². The van der Waals surface area contributed by atoms with E-state index in [0.717, 1.165) is 11.3 Å². The minimum Gasteiger partial charge on any atom is -0.486 e. The van der Waals surface area contributed by atoms with Crippen molar-refractivity contribution < 1.29 is 14.3 Å². The molecule has 0 aliphatic carbocycles. The number of hydrogen-bond donors (Lipinski definition) is 1. The molecule has 0 fully saturated rings. The van der Waals surface area contributed by atoms with Crippen LogP contribution in [0.1, 0.15) is 15.9 Å². The lowest BCUT2D eigenvalue weighted by molar-refractivity contribution is 0.0991. The van der Waals surface area contributed by atoms with Crippen molar-refractivity contribution in [3.63, 3.8) is 0 Å². The molecular formula is C12H15NO3. The Morgan fingerprint density at radius 2 is 1.94 bits per heavy atom. The Balaban J connectivity index is 2.35. The standard InChI is InChI=1S/C12H15NO3/c1-8-5-11-12(16-4-3-15-11)6-9(8)10(14)7-13-2/h5-6,13H,3-4,7H2,1-2H3. The summed E-state index contributed by atoms with van der Waals surface area (Å²) in [6.07, 6.45) is 0. The van der Waals surface area contributed by atoms with Crippen LogP contribution in [-0.2, 0) is 0 Å². The number of fused-ring (bicyclic) bond motifs is 1. The molecule has 0 saturated heterocycles. The second-order valence-electron chi connectivity index (χ2n) is 3.76. The SMILES string of the molecule is CNCC(=O)c1cc2c(cc1C)OCCO2. The average molecular weight is 221 g/mol. The zero-order valence-electron chi connectivity index (χ0n) is 9.50. The molecule has 1 aromatic carbocycles. The molecule has 1 aliphatic heterocycles. The summed E-state index contributed by atoms with van der Waals surface area (Å²) in [6, 6.07) is 3.63. The minimum atomic E-state index is 0.0666. The number of carbonyl (C=O) groups is 1. The predicted molar refractivity (Wildman–Crippen MR) is 60.4 cm³/mol. The molecule has 1 aromatic rings. The highest BCUT2D eigenvalue weighted by atomic mass is 16.6. The maximum absolute atomic E-state index is 11.8. The van der Waals surface area contributed by atoms with Crippen LogP contribution in [0.4, 0.5) is 0 Å². The number of hydrogen-bond acceptors (Lipinski definition) is 4. The number of rotatable bonds is 3. The van der Waals surface area contributed by atoms with Gasteiger partial charge in [0, 0.05) is 5.56 Å². The molecule has 16 heavy (non-hydrogen) atoms. The van der Waals surface area contributed by atoms with Gasteiger partial charge in [0.1, 0.15) is 13.2 Å². The van der Waals surface area contributed by atoms with Gasteiger partial charge in [-0.15, -0.1) is 0 Å². The number of benzene rings is 1. The van der Waals surface area contributed by atoms with Gasteiger partial charge in [0.2, 0.25) is 0 Å². The Labute approximate surface area is 94.6 Å². The van der Waals surface area contributed by atoms with Crippen molar-refractivity contribution >= 4 is 5.78 Å². The number of ether oxygens (including phenoxy) is 2. The lowest BCUT2D eigenvalue weighted by Crippen LogP contribution is -2.21. The van der Waals surface area contributed by atoms with Crippen LogP contribution in [0.25, 0.3) is 0 Å². The van der Waals surface area contributed by atoms with Crippen molar-refractivity contribution in [3.8, 4) is 11.5 Å². The third kappa shape index (κ3) is 2.02. The van der Waals surface area contributed by atoms with E-state index in [0.29, 0.717) is 31.1 Å². The fourth-order valence-corrected chi connectivity index (χ4v) is 1.75. The molecule has 2 rings (SSSR count). The third-order valence-electron chi connectivity index (χ3n) is 2.53. The van der Waals surface area contributed by atoms with Crippen LogP contribution in [-0.4, -0.2) is 32.6 Å². The average Bonchev–Trinajstić information content (AvgIpc) is 2.28. The maximum atomic E-state index is 11.8. The van der Waals surface area contributed by atoms with Crippen molar-refractivity contribution in [2.75, 3.05) is 26.8 Å². The molecule has 0 aromatic heterocycles. The van der Waals surface area contributed by atoms with E-state index >= 15 is 0 Å². The van der Waals surface area contributed by atoms with Crippen LogP contribution in [0.15, 0.2) is 12.1 Å². The zero-order valence-corrected chi connectivity index (χ0v) is 9.50. The minimum absolute atomic E-state index is 0.0666. The largest absolute Gasteiger partial charge is 0.486 e. The van der Waals surface area contributed by atoms with Crippen molar-refractivity contribution in [2.24, 2.45) is 0 Å². The molecule has 0 unspecified atom stereocenters. The fourth-order valence-electron chi connectivity index (χ4n) is 1.75. The first-order valence-corrected chi connectivity index (χ1v) is 5.30. The van der Waals surface area contributed by atoms with Crippen LogP contribution < -0.4 is 14.8 Å². The smallest absolute Gasteiger partial charge is 0.176 e. The van der Waals surface area contributed by atoms with Gasteiger partial charge in [-0.25, -0.2) is 0 Å². The molecule has 4 nitrogen and oxygen atoms in total. The van der Waals surface area contributed by atoms with E-state index in [9.17, 15) is 4.79 Å². The summed E-state index contributed by atoms with van der Waals surface area (Å²) in [5, 5.41) is 2.85. The molecule has 4 heteroatoms. The van der Waals surface area contributed by atoms with Crippen molar-refractivity contribution in [2.45, 2.75) is 6.92 Å². The summed E-state index contributed by atoms with van der Waals surface area (Å²) in [5.74, 6) is 1.46. The second kappa shape index (κ2) is 4.53. The van der Waals surface area contributed by atoms with Gasteiger partial charge >= 0.3 is 0 Å². The van der Waals surface area contributed by atoms with Crippen molar-refractivity contribution in [1.29, 1.82) is 0 Å². The fraction of sp³-hybridized carbons (Fsp3) is 0.417. The second-order valence-corrected chi connectivity index (χ2v) is 3.76. The monoisotopic (exact) mass is 221 g/mol. The Morgan fingerprint density at radius 3 is 2.56 bits per heavy atom. The molecule has 0 radical (unpaired) electrons. The van der Waals surface area contributed by atoms with Gasteiger partial charge in [-0.1, -0.05) is 0 Å². The Hall–Kier alpha value is -1.55. The summed E-state index contributed by atoms with van der Waals surface area (Å²) in [5.41, 5.74) is 1.61. The molecule has 1 heterocycles. The quantitative estimate of drug-likeness (QED) is 0.778. The highest BCUT2D eigenvalue weighted by Gasteiger charge is 2.17. The van der Waals surface area contributed by atoms with E-state index in [-0.39, 0.29) is 5.78 Å². The summed E-state index contributed by atoms with van der Waals surface area (Å²) in [7, 11) is 1.76. The van der Waals surface area contributed by atoms with Gasteiger partial charge in [0.25, 0.3) is 0 Å². The molecule has 86 valence electrons. The Kier molecular flexibility index (Phi) is 3.10. The molecule has 0 spiro atoms. The van der Waals surface area contributed by atoms with Gasteiger partial charge in [-0.3, -0.25) is 4.79 Å². The summed E-state index contributed by atoms with van der Waals surface area (Å²) < 4.78 is 10.9. The summed E-state index contributed by atoms with van der Waals surface area (Å²) in [4.78, 5) is 11.8. The maximum Gasteiger partial charge on any atom is 0.176 e. The van der Waals surface area contributed by atoms with Gasteiger partial charge in [-0.2, -0.15) is 0 Å². The highest BCUT2D eigenvalue weighted by Crippen LogP contribution is 2.33. The molecule has 0 amide bonds. The number of carbonyl (C=O) groups excluding carboxylic acids is 1. The number of ketones is 1. The number of nitrogens with one attached hydrogen (secondary N) is 1. The normalized spacial score (nSPS) is 13.6. The van der Waals surface area contributed by atoms with Gasteiger partial charge in [0.05, 0.1) is 6.54 Å². The third-order valence-corrected chi connectivity index (χ3v) is 2.53. The van der Waals surface area contributed by atoms with Crippen molar-refractivity contribution in [1.82, 2.24) is 5.32 Å². The Morgan fingerprint density at radius 1 is 1.31 bits per heavy atom. The van der Waals surface area contributed by atoms with Crippen LogP contribution in [0.2, 0.25) is 0 Å². The first-order chi connectivity index (χ1) is 7.72. The predicted octanol–water partition coefficient (Wildman–Crippen LogP) is 1.17. The van der Waals surface area contributed by atoms with E-state index in [1.807, 2.05) is 13.0 Å². The number of likely N-dealkylation sites (N-methyl/N-ethyl adjacent to an activating group) is 1. The van der Waals surface area contributed by atoms with Crippen LogP contribution in [0.3, 0.4) is 0 Å². The molecular weight excluding hydrogens is 206 g/mol. The summed E-state index contributed by atoms with van der Waals surface area (Å²) in [6.45, 7) is 3.34. The van der Waals surface area contributed by atoms with E-state index < -0.39 is 0 Å². The molecule has 0 atom stereocenters. The van der Waals surface area contributed by atoms with E-state index in [4.69, 9.17) is 9.47 Å². The van der Waals surface area contributed by atoms with Gasteiger partial charge in [0.15, 0.2) is 17.3 Å². The van der Waals surface area contributed by atoms with Crippen LogP contribution in [0, 0.1) is 6.92 Å². The van der Waals surface area contributed by atoms with Gasteiger partial charge < -0.3 is 14.8 Å². The van der Waals surface area contributed by atoms with Crippen LogP contribution in [0.5, 0.6) is 11.5 Å².